The van der Waals surface area contributed by atoms with E-state index in [0.717, 1.165) is 11.0 Å². The predicted octanol–water partition coefficient (Wildman–Crippen LogP) is 3.09. The van der Waals surface area contributed by atoms with E-state index in [-0.39, 0.29) is 0 Å². The average Bonchev–Trinajstić information content (AvgIpc) is 2.47. The summed E-state index contributed by atoms with van der Waals surface area (Å²) in [6.45, 7) is 6.79. The van der Waals surface area contributed by atoms with Crippen molar-refractivity contribution in [2.45, 2.75) is 32.4 Å². The van der Waals surface area contributed by atoms with E-state index in [4.69, 9.17) is 0 Å². The summed E-state index contributed by atoms with van der Waals surface area (Å²) in [5.74, 6) is 0. The van der Waals surface area contributed by atoms with E-state index < -0.39 is 0 Å². The molecule has 4 heteroatoms. The molecule has 0 saturated carbocycles. The highest BCUT2D eigenvalue weighted by molar-refractivity contribution is 9.10. The molecule has 0 bridgehead atoms. The lowest BCUT2D eigenvalue weighted by Crippen LogP contribution is -2.43. The molecule has 1 saturated heterocycles. The van der Waals surface area contributed by atoms with Gasteiger partial charge >= 0.3 is 0 Å². The van der Waals surface area contributed by atoms with Crippen molar-refractivity contribution in [3.8, 4) is 0 Å². The number of halogens is 1. The fraction of sp³-hybridized carbons (Fsp3) is 0.625. The maximum atomic E-state index is 3.58. The van der Waals surface area contributed by atoms with E-state index in [9.17, 15) is 0 Å². The highest BCUT2D eigenvalue weighted by Crippen LogP contribution is 2.28. The molecule has 1 aliphatic heterocycles. The van der Waals surface area contributed by atoms with Crippen LogP contribution >= 0.6 is 15.9 Å². The summed E-state index contributed by atoms with van der Waals surface area (Å²) in [5.41, 5.74) is 2.72. The van der Waals surface area contributed by atoms with E-state index in [1.165, 1.54) is 43.7 Å². The Morgan fingerprint density at radius 1 is 1.35 bits per heavy atom. The minimum absolute atomic E-state index is 0.662. The average molecular weight is 340 g/mol. The third-order valence-electron chi connectivity index (χ3n) is 4.34. The van der Waals surface area contributed by atoms with Crippen LogP contribution in [0, 0.1) is 0 Å². The zero-order valence-corrected chi connectivity index (χ0v) is 14.4. The molecular formula is C16H26BrN3. The third-order valence-corrected chi connectivity index (χ3v) is 4.83. The number of nitrogens with zero attached hydrogens (tertiary/aromatic N) is 2. The number of likely N-dealkylation sites (tertiary alicyclic amines) is 1. The van der Waals surface area contributed by atoms with Gasteiger partial charge in [-0.15, -0.1) is 0 Å². The molecule has 1 heterocycles. The number of rotatable bonds is 5. The fourth-order valence-corrected chi connectivity index (χ4v) is 3.46. The molecule has 0 amide bonds. The molecule has 112 valence electrons. The standard InChI is InChI=1S/C16H26BrN3/c1-4-20-9-7-15(8-10-20)19(3)16-6-5-14(17)11-13(16)12-18-2/h5-6,11,15,18H,4,7-10,12H2,1-3H3. The summed E-state index contributed by atoms with van der Waals surface area (Å²) in [7, 11) is 4.25. The first-order chi connectivity index (χ1) is 9.65. The molecule has 3 nitrogen and oxygen atoms in total. The van der Waals surface area contributed by atoms with Crippen LogP contribution in [0.4, 0.5) is 5.69 Å². The lowest BCUT2D eigenvalue weighted by molar-refractivity contribution is 0.221. The van der Waals surface area contributed by atoms with Crippen LogP contribution in [0.15, 0.2) is 22.7 Å². The lowest BCUT2D eigenvalue weighted by Gasteiger charge is -2.38. The quantitative estimate of drug-likeness (QED) is 0.889. The molecule has 1 aliphatic rings. The Morgan fingerprint density at radius 3 is 2.65 bits per heavy atom. The van der Waals surface area contributed by atoms with Crippen molar-refractivity contribution in [1.82, 2.24) is 10.2 Å². The van der Waals surface area contributed by atoms with Gasteiger partial charge in [0.2, 0.25) is 0 Å². The summed E-state index contributed by atoms with van der Waals surface area (Å²) >= 11 is 3.58. The summed E-state index contributed by atoms with van der Waals surface area (Å²) in [5, 5.41) is 3.27. The van der Waals surface area contributed by atoms with E-state index in [1.807, 2.05) is 7.05 Å². The molecule has 1 fully saturated rings. The van der Waals surface area contributed by atoms with Crippen molar-refractivity contribution < 1.29 is 0 Å². The van der Waals surface area contributed by atoms with Crippen LogP contribution in [0.25, 0.3) is 0 Å². The van der Waals surface area contributed by atoms with Gasteiger partial charge in [0.1, 0.15) is 0 Å². The van der Waals surface area contributed by atoms with Gasteiger partial charge in [-0.25, -0.2) is 0 Å². The maximum absolute atomic E-state index is 3.58. The molecule has 0 spiro atoms. The van der Waals surface area contributed by atoms with E-state index in [2.05, 4.69) is 63.2 Å². The Kier molecular flexibility index (Phi) is 5.87. The van der Waals surface area contributed by atoms with Gasteiger partial charge in [0.05, 0.1) is 0 Å². The molecule has 1 aromatic carbocycles. The highest BCUT2D eigenvalue weighted by atomic mass is 79.9. The first-order valence-electron chi connectivity index (χ1n) is 7.54. The largest absolute Gasteiger partial charge is 0.371 e. The topological polar surface area (TPSA) is 18.5 Å². The molecular weight excluding hydrogens is 314 g/mol. The van der Waals surface area contributed by atoms with Gasteiger partial charge in [-0.2, -0.15) is 0 Å². The van der Waals surface area contributed by atoms with E-state index >= 15 is 0 Å². The summed E-state index contributed by atoms with van der Waals surface area (Å²) in [6.07, 6.45) is 2.53. The van der Waals surface area contributed by atoms with E-state index in [1.54, 1.807) is 0 Å². The maximum Gasteiger partial charge on any atom is 0.0412 e. The van der Waals surface area contributed by atoms with Gasteiger partial charge in [-0.3, -0.25) is 0 Å². The van der Waals surface area contributed by atoms with Crippen LogP contribution in [-0.4, -0.2) is 44.7 Å². The smallest absolute Gasteiger partial charge is 0.0412 e. The van der Waals surface area contributed by atoms with Crippen molar-refractivity contribution in [3.05, 3.63) is 28.2 Å². The van der Waals surface area contributed by atoms with Crippen LogP contribution in [-0.2, 0) is 6.54 Å². The Hall–Kier alpha value is -0.580. The summed E-state index contributed by atoms with van der Waals surface area (Å²) in [4.78, 5) is 5.02. The van der Waals surface area contributed by atoms with Crippen molar-refractivity contribution in [1.29, 1.82) is 0 Å². The van der Waals surface area contributed by atoms with Crippen LogP contribution < -0.4 is 10.2 Å². The minimum Gasteiger partial charge on any atom is -0.371 e. The third kappa shape index (κ3) is 3.74. The summed E-state index contributed by atoms with van der Waals surface area (Å²) in [6, 6.07) is 7.27. The van der Waals surface area contributed by atoms with Crippen molar-refractivity contribution >= 4 is 21.6 Å². The minimum atomic E-state index is 0.662. The van der Waals surface area contributed by atoms with Gasteiger partial charge in [-0.05, 0) is 50.2 Å². The predicted molar refractivity (Wildman–Crippen MR) is 90.4 cm³/mol. The van der Waals surface area contributed by atoms with Crippen LogP contribution in [0.1, 0.15) is 25.3 Å². The second-order valence-corrected chi connectivity index (χ2v) is 6.50. The normalized spacial score (nSPS) is 17.4. The van der Waals surface area contributed by atoms with Gasteiger partial charge in [-0.1, -0.05) is 22.9 Å². The molecule has 0 radical (unpaired) electrons. The molecule has 0 atom stereocenters. The second kappa shape index (κ2) is 7.43. The Labute approximate surface area is 131 Å². The van der Waals surface area contributed by atoms with Crippen molar-refractivity contribution in [3.63, 3.8) is 0 Å². The van der Waals surface area contributed by atoms with Crippen molar-refractivity contribution in [2.75, 3.05) is 38.6 Å². The molecule has 0 aromatic heterocycles. The number of hydrogen-bond acceptors (Lipinski definition) is 3. The molecule has 1 aromatic rings. The molecule has 20 heavy (non-hydrogen) atoms. The molecule has 2 rings (SSSR count). The Balaban J connectivity index is 2.10. The number of piperidine rings is 1. The first kappa shape index (κ1) is 15.8. The molecule has 0 aliphatic carbocycles. The number of hydrogen-bond donors (Lipinski definition) is 1. The van der Waals surface area contributed by atoms with Crippen molar-refractivity contribution in [2.24, 2.45) is 0 Å². The van der Waals surface area contributed by atoms with Crippen LogP contribution in [0.2, 0.25) is 0 Å². The lowest BCUT2D eigenvalue weighted by atomic mass is 10.0. The second-order valence-electron chi connectivity index (χ2n) is 5.58. The fourth-order valence-electron chi connectivity index (χ4n) is 3.05. The molecule has 1 N–H and O–H groups in total. The zero-order chi connectivity index (χ0) is 14.5. The van der Waals surface area contributed by atoms with Gasteiger partial charge < -0.3 is 15.1 Å². The van der Waals surface area contributed by atoms with Crippen LogP contribution in [0.5, 0.6) is 0 Å². The number of nitrogens with one attached hydrogen (secondary N) is 1. The number of anilines is 1. The van der Waals surface area contributed by atoms with Gasteiger partial charge in [0.25, 0.3) is 0 Å². The first-order valence-corrected chi connectivity index (χ1v) is 8.33. The zero-order valence-electron chi connectivity index (χ0n) is 12.8. The van der Waals surface area contributed by atoms with Gasteiger partial charge in [0, 0.05) is 42.9 Å². The number of benzene rings is 1. The SMILES string of the molecule is CCN1CCC(N(C)c2ccc(Br)cc2CNC)CC1. The Morgan fingerprint density at radius 2 is 2.05 bits per heavy atom. The van der Waals surface area contributed by atoms with Gasteiger partial charge in [0.15, 0.2) is 0 Å². The monoisotopic (exact) mass is 339 g/mol. The summed E-state index contributed by atoms with van der Waals surface area (Å²) < 4.78 is 1.15. The molecule has 0 unspecified atom stereocenters. The highest BCUT2D eigenvalue weighted by Gasteiger charge is 2.23. The Bertz CT molecular complexity index is 428. The van der Waals surface area contributed by atoms with Crippen LogP contribution in [0.3, 0.4) is 0 Å². The van der Waals surface area contributed by atoms with E-state index in [0.29, 0.717) is 6.04 Å².